The zero-order valence-electron chi connectivity index (χ0n) is 10.5. The molecule has 0 fully saturated rings. The fourth-order valence-electron chi connectivity index (χ4n) is 1.51. The summed E-state index contributed by atoms with van der Waals surface area (Å²) in [5, 5.41) is 17.0. The van der Waals surface area contributed by atoms with Crippen LogP contribution in [0.15, 0.2) is 18.2 Å². The number of benzene rings is 1. The smallest absolute Gasteiger partial charge is 0.315 e. The third-order valence-corrected chi connectivity index (χ3v) is 2.83. The largest absolute Gasteiger partial charge is 0.382 e. The number of hydrogen-bond donors (Lipinski definition) is 2. The van der Waals surface area contributed by atoms with Gasteiger partial charge in [0.05, 0.1) is 4.92 Å². The predicted octanol–water partition coefficient (Wildman–Crippen LogP) is 3.09. The molecule has 1 atom stereocenters. The molecule has 0 aliphatic carbocycles. The Balaban J connectivity index is 2.94. The zero-order chi connectivity index (χ0) is 12.8. The normalized spacial score (nSPS) is 11.9. The van der Waals surface area contributed by atoms with Crippen molar-refractivity contribution in [2.45, 2.75) is 20.3 Å². The molecule has 0 aromatic heterocycles. The van der Waals surface area contributed by atoms with E-state index in [0.717, 1.165) is 13.0 Å². The van der Waals surface area contributed by atoms with Gasteiger partial charge in [-0.1, -0.05) is 26.3 Å². The van der Waals surface area contributed by atoms with Crippen LogP contribution in [-0.2, 0) is 0 Å². The topological polar surface area (TPSA) is 67.2 Å². The van der Waals surface area contributed by atoms with Crippen molar-refractivity contribution in [2.24, 2.45) is 5.92 Å². The zero-order valence-corrected chi connectivity index (χ0v) is 10.5. The fraction of sp³-hybridized carbons (Fsp3) is 0.500. The lowest BCUT2D eigenvalue weighted by Crippen LogP contribution is -2.12. The lowest BCUT2D eigenvalue weighted by molar-refractivity contribution is -0.383. The van der Waals surface area contributed by atoms with Gasteiger partial charge >= 0.3 is 5.69 Å². The molecule has 0 radical (unpaired) electrons. The van der Waals surface area contributed by atoms with Crippen molar-refractivity contribution in [3.63, 3.8) is 0 Å². The molecule has 0 heterocycles. The van der Waals surface area contributed by atoms with Crippen molar-refractivity contribution in [2.75, 3.05) is 24.2 Å². The van der Waals surface area contributed by atoms with Crippen molar-refractivity contribution < 1.29 is 4.92 Å². The van der Waals surface area contributed by atoms with Crippen LogP contribution >= 0.6 is 0 Å². The van der Waals surface area contributed by atoms with E-state index in [9.17, 15) is 10.1 Å². The minimum atomic E-state index is -0.356. The first kappa shape index (κ1) is 13.3. The highest BCUT2D eigenvalue weighted by atomic mass is 16.6. The minimum absolute atomic E-state index is 0.110. The van der Waals surface area contributed by atoms with E-state index in [2.05, 4.69) is 24.5 Å². The molecule has 0 bridgehead atoms. The Bertz CT molecular complexity index is 393. The maximum atomic E-state index is 11.0. The van der Waals surface area contributed by atoms with Crippen molar-refractivity contribution in [1.82, 2.24) is 0 Å². The van der Waals surface area contributed by atoms with Crippen LogP contribution in [0.1, 0.15) is 20.3 Å². The van der Waals surface area contributed by atoms with Crippen LogP contribution in [0.3, 0.4) is 0 Å². The van der Waals surface area contributed by atoms with E-state index in [-0.39, 0.29) is 10.6 Å². The van der Waals surface area contributed by atoms with E-state index in [1.165, 1.54) is 0 Å². The van der Waals surface area contributed by atoms with Gasteiger partial charge in [-0.25, -0.2) is 0 Å². The molecule has 2 N–H and O–H groups in total. The quantitative estimate of drug-likeness (QED) is 0.589. The lowest BCUT2D eigenvalue weighted by atomic mass is 10.1. The average Bonchev–Trinajstić information content (AvgIpc) is 2.34. The van der Waals surface area contributed by atoms with Crippen molar-refractivity contribution >= 4 is 17.1 Å². The number of anilines is 2. The van der Waals surface area contributed by atoms with Crippen LogP contribution < -0.4 is 10.6 Å². The number of para-hydroxylation sites is 1. The van der Waals surface area contributed by atoms with Crippen molar-refractivity contribution in [3.8, 4) is 0 Å². The summed E-state index contributed by atoms with van der Waals surface area (Å²) < 4.78 is 0. The van der Waals surface area contributed by atoms with Gasteiger partial charge in [0.1, 0.15) is 11.4 Å². The van der Waals surface area contributed by atoms with Crippen LogP contribution in [-0.4, -0.2) is 18.5 Å². The molecule has 1 unspecified atom stereocenters. The van der Waals surface area contributed by atoms with E-state index in [4.69, 9.17) is 0 Å². The van der Waals surface area contributed by atoms with Crippen molar-refractivity contribution in [3.05, 3.63) is 28.3 Å². The molecule has 0 spiro atoms. The van der Waals surface area contributed by atoms with Gasteiger partial charge in [0.25, 0.3) is 0 Å². The van der Waals surface area contributed by atoms with Crippen LogP contribution in [0.5, 0.6) is 0 Å². The average molecular weight is 237 g/mol. The van der Waals surface area contributed by atoms with Gasteiger partial charge in [-0.3, -0.25) is 10.1 Å². The first-order chi connectivity index (χ1) is 8.10. The first-order valence-corrected chi connectivity index (χ1v) is 5.79. The Hall–Kier alpha value is -1.78. The minimum Gasteiger partial charge on any atom is -0.382 e. The highest BCUT2D eigenvalue weighted by molar-refractivity contribution is 5.75. The second-order valence-corrected chi connectivity index (χ2v) is 4.10. The van der Waals surface area contributed by atoms with Gasteiger partial charge in [0.15, 0.2) is 0 Å². The number of hydrogen-bond acceptors (Lipinski definition) is 4. The molecule has 0 aliphatic heterocycles. The molecule has 1 rings (SSSR count). The molecule has 0 saturated heterocycles. The highest BCUT2D eigenvalue weighted by Crippen LogP contribution is 2.32. The summed E-state index contributed by atoms with van der Waals surface area (Å²) in [5.41, 5.74) is 1.21. The summed E-state index contributed by atoms with van der Waals surface area (Å²) in [7, 11) is 1.68. The van der Waals surface area contributed by atoms with Crippen molar-refractivity contribution in [1.29, 1.82) is 0 Å². The van der Waals surface area contributed by atoms with E-state index in [0.29, 0.717) is 17.3 Å². The highest BCUT2D eigenvalue weighted by Gasteiger charge is 2.18. The lowest BCUT2D eigenvalue weighted by Gasteiger charge is -2.13. The fourth-order valence-corrected chi connectivity index (χ4v) is 1.51. The molecular weight excluding hydrogens is 218 g/mol. The van der Waals surface area contributed by atoms with Gasteiger partial charge < -0.3 is 10.6 Å². The van der Waals surface area contributed by atoms with E-state index in [1.807, 2.05) is 0 Å². The van der Waals surface area contributed by atoms with Gasteiger partial charge in [-0.05, 0) is 18.1 Å². The van der Waals surface area contributed by atoms with Crippen LogP contribution in [0.25, 0.3) is 0 Å². The summed E-state index contributed by atoms with van der Waals surface area (Å²) >= 11 is 0. The SMILES string of the molecule is CCC(C)CNc1cccc(NC)c1[N+](=O)[O-]. The van der Waals surface area contributed by atoms with Gasteiger partial charge in [-0.2, -0.15) is 0 Å². The summed E-state index contributed by atoms with van der Waals surface area (Å²) in [6, 6.07) is 5.24. The molecule has 5 nitrogen and oxygen atoms in total. The van der Waals surface area contributed by atoms with Gasteiger partial charge in [0, 0.05) is 13.6 Å². The molecule has 0 saturated carbocycles. The van der Waals surface area contributed by atoms with E-state index in [1.54, 1.807) is 25.2 Å². The summed E-state index contributed by atoms with van der Waals surface area (Å²) in [6.07, 6.45) is 1.05. The molecule has 0 aliphatic rings. The third kappa shape index (κ3) is 3.34. The molecule has 1 aromatic carbocycles. The Kier molecular flexibility index (Phi) is 4.75. The van der Waals surface area contributed by atoms with Gasteiger partial charge in [0.2, 0.25) is 0 Å². The molecule has 17 heavy (non-hydrogen) atoms. The standard InChI is InChI=1S/C12H19N3O2/c1-4-9(2)8-14-11-7-5-6-10(13-3)12(11)15(16)17/h5-7,9,13-14H,4,8H2,1-3H3. The molecule has 5 heteroatoms. The number of nitro benzene ring substituents is 1. The number of rotatable bonds is 6. The molecular formula is C12H19N3O2. The summed E-state index contributed by atoms with van der Waals surface area (Å²) in [4.78, 5) is 10.7. The first-order valence-electron chi connectivity index (χ1n) is 5.79. The second kappa shape index (κ2) is 6.08. The molecule has 0 amide bonds. The van der Waals surface area contributed by atoms with Crippen LogP contribution in [0.2, 0.25) is 0 Å². The van der Waals surface area contributed by atoms with E-state index < -0.39 is 0 Å². The summed E-state index contributed by atoms with van der Waals surface area (Å²) in [5.74, 6) is 0.493. The predicted molar refractivity (Wildman–Crippen MR) is 70.6 cm³/mol. The molecule has 94 valence electrons. The Morgan fingerprint density at radius 3 is 2.59 bits per heavy atom. The Morgan fingerprint density at radius 1 is 1.41 bits per heavy atom. The maximum absolute atomic E-state index is 11.0. The second-order valence-electron chi connectivity index (χ2n) is 4.10. The van der Waals surface area contributed by atoms with Crippen LogP contribution in [0.4, 0.5) is 17.1 Å². The number of nitro groups is 1. The monoisotopic (exact) mass is 237 g/mol. The number of nitrogens with one attached hydrogen (secondary N) is 2. The van der Waals surface area contributed by atoms with Gasteiger partial charge in [-0.15, -0.1) is 0 Å². The summed E-state index contributed by atoms with van der Waals surface area (Å²) in [6.45, 7) is 4.95. The maximum Gasteiger partial charge on any atom is 0.315 e. The number of nitrogens with zero attached hydrogens (tertiary/aromatic N) is 1. The Labute approximate surface area is 101 Å². The van der Waals surface area contributed by atoms with E-state index >= 15 is 0 Å². The Morgan fingerprint density at radius 2 is 2.06 bits per heavy atom. The third-order valence-electron chi connectivity index (χ3n) is 2.83. The van der Waals surface area contributed by atoms with Crippen LogP contribution in [0, 0.1) is 16.0 Å². The molecule has 1 aromatic rings.